The average Bonchev–Trinajstić information content (AvgIpc) is 2.36. The van der Waals surface area contributed by atoms with E-state index in [0.29, 0.717) is 5.69 Å². The molecule has 0 aliphatic heterocycles. The monoisotopic (exact) mass is 373 g/mol. The lowest BCUT2D eigenvalue weighted by Gasteiger charge is -2.12. The molecule has 2 N–H and O–H groups in total. The lowest BCUT2D eigenvalue weighted by molar-refractivity contribution is 0.278. The van der Waals surface area contributed by atoms with Crippen molar-refractivity contribution in [1.29, 1.82) is 0 Å². The number of halogens is 2. The van der Waals surface area contributed by atoms with E-state index in [1.54, 1.807) is 12.1 Å². The van der Waals surface area contributed by atoms with Crippen LogP contribution in [0.5, 0.6) is 0 Å². The average molecular weight is 374 g/mol. The van der Waals surface area contributed by atoms with Crippen LogP contribution in [0.25, 0.3) is 0 Å². The van der Waals surface area contributed by atoms with Crippen LogP contribution in [-0.2, 0) is 16.6 Å². The van der Waals surface area contributed by atoms with Crippen LogP contribution in [0.1, 0.15) is 11.1 Å². The first-order valence-corrected chi connectivity index (χ1v) is 8.29. The molecular weight excluding hydrogens is 361 g/mol. The third-order valence-electron chi connectivity index (χ3n) is 2.78. The van der Waals surface area contributed by atoms with Gasteiger partial charge in [0.05, 0.1) is 17.2 Å². The molecule has 0 heterocycles. The van der Waals surface area contributed by atoms with E-state index >= 15 is 0 Å². The van der Waals surface area contributed by atoms with Crippen LogP contribution in [0.4, 0.5) is 10.1 Å². The molecular formula is C14H13BrFNO3S. The summed E-state index contributed by atoms with van der Waals surface area (Å²) in [7, 11) is -3.98. The highest BCUT2D eigenvalue weighted by Gasteiger charge is 2.19. The van der Waals surface area contributed by atoms with Crippen molar-refractivity contribution in [3.8, 4) is 0 Å². The van der Waals surface area contributed by atoms with Gasteiger partial charge in [-0.25, -0.2) is 12.8 Å². The number of sulfonamides is 1. The van der Waals surface area contributed by atoms with Crippen molar-refractivity contribution in [2.75, 3.05) is 4.72 Å². The van der Waals surface area contributed by atoms with Crippen molar-refractivity contribution in [3.05, 3.63) is 57.8 Å². The Kier molecular flexibility index (Phi) is 4.65. The van der Waals surface area contributed by atoms with Crippen molar-refractivity contribution in [1.82, 2.24) is 0 Å². The Bertz CT molecular complexity index is 758. The summed E-state index contributed by atoms with van der Waals surface area (Å²) in [5.41, 5.74) is 1.36. The first-order valence-electron chi connectivity index (χ1n) is 6.01. The minimum absolute atomic E-state index is 0.135. The van der Waals surface area contributed by atoms with Crippen LogP contribution >= 0.6 is 15.9 Å². The minimum Gasteiger partial charge on any atom is -0.392 e. The molecule has 0 bridgehead atoms. The minimum atomic E-state index is -3.98. The first-order chi connectivity index (χ1) is 9.81. The van der Waals surface area contributed by atoms with Gasteiger partial charge in [-0.3, -0.25) is 4.72 Å². The van der Waals surface area contributed by atoms with Gasteiger partial charge in [0, 0.05) is 4.47 Å². The summed E-state index contributed by atoms with van der Waals surface area (Å²) in [6.45, 7) is 1.33. The third-order valence-corrected chi connectivity index (χ3v) is 4.70. The largest absolute Gasteiger partial charge is 0.392 e. The van der Waals surface area contributed by atoms with Crippen LogP contribution in [-0.4, -0.2) is 13.5 Å². The summed E-state index contributed by atoms with van der Waals surface area (Å²) in [5, 5.41) is 9.20. The number of aliphatic hydroxyl groups is 1. The zero-order chi connectivity index (χ0) is 15.6. The lowest BCUT2D eigenvalue weighted by atomic mass is 10.2. The second-order valence-corrected chi connectivity index (χ2v) is 7.10. The van der Waals surface area contributed by atoms with Gasteiger partial charge in [-0.2, -0.15) is 0 Å². The fourth-order valence-corrected chi connectivity index (χ4v) is 3.81. The molecule has 0 amide bonds. The van der Waals surface area contributed by atoms with Gasteiger partial charge in [0.25, 0.3) is 10.0 Å². The topological polar surface area (TPSA) is 66.4 Å². The molecule has 0 aromatic heterocycles. The Balaban J connectivity index is 2.45. The number of aliphatic hydroxyl groups excluding tert-OH is 1. The van der Waals surface area contributed by atoms with Crippen LogP contribution in [0.2, 0.25) is 0 Å². The molecule has 112 valence electrons. The van der Waals surface area contributed by atoms with Gasteiger partial charge in [0.15, 0.2) is 0 Å². The molecule has 7 heteroatoms. The molecule has 0 fully saturated rings. The third kappa shape index (κ3) is 3.81. The van der Waals surface area contributed by atoms with Crippen LogP contribution in [0.3, 0.4) is 0 Å². The summed E-state index contributed by atoms with van der Waals surface area (Å²) in [6, 6.07) is 8.32. The van der Waals surface area contributed by atoms with Gasteiger partial charge >= 0.3 is 0 Å². The number of anilines is 1. The standard InChI is InChI=1S/C14H13BrFNO3S/c1-9-4-11(15)6-13(5-9)17-21(19,20)14-7-12(16)3-2-10(14)8-18/h2-7,17-18H,8H2,1H3. The zero-order valence-corrected chi connectivity index (χ0v) is 13.5. The molecule has 2 rings (SSSR count). The molecule has 0 aliphatic carbocycles. The smallest absolute Gasteiger partial charge is 0.262 e. The highest BCUT2D eigenvalue weighted by molar-refractivity contribution is 9.10. The molecule has 0 saturated heterocycles. The van der Waals surface area contributed by atoms with E-state index < -0.39 is 22.4 Å². The SMILES string of the molecule is Cc1cc(Br)cc(NS(=O)(=O)c2cc(F)ccc2CO)c1. The lowest BCUT2D eigenvalue weighted by Crippen LogP contribution is -2.15. The molecule has 0 aliphatic rings. The Morgan fingerprint density at radius 3 is 2.57 bits per heavy atom. The molecule has 0 saturated carbocycles. The van der Waals surface area contributed by atoms with Gasteiger partial charge in [-0.15, -0.1) is 0 Å². The predicted octanol–water partition coefficient (Wildman–Crippen LogP) is 3.19. The maximum atomic E-state index is 13.3. The van der Waals surface area contributed by atoms with Gasteiger partial charge in [0.1, 0.15) is 5.82 Å². The predicted molar refractivity (Wildman–Crippen MR) is 82.0 cm³/mol. The Morgan fingerprint density at radius 2 is 1.95 bits per heavy atom. The van der Waals surface area contributed by atoms with Gasteiger partial charge in [-0.1, -0.05) is 22.0 Å². The number of hydrogen-bond donors (Lipinski definition) is 2. The molecule has 0 atom stereocenters. The summed E-state index contributed by atoms with van der Waals surface area (Å²) in [6.07, 6.45) is 0. The quantitative estimate of drug-likeness (QED) is 0.864. The fourth-order valence-electron chi connectivity index (χ4n) is 1.91. The number of rotatable bonds is 4. The molecule has 0 spiro atoms. The van der Waals surface area contributed by atoms with E-state index in [1.165, 1.54) is 6.07 Å². The van der Waals surface area contributed by atoms with Gasteiger partial charge in [-0.05, 0) is 48.4 Å². The van der Waals surface area contributed by atoms with Crippen molar-refractivity contribution in [2.24, 2.45) is 0 Å². The number of benzene rings is 2. The highest BCUT2D eigenvalue weighted by Crippen LogP contribution is 2.24. The second-order valence-electron chi connectivity index (χ2n) is 4.53. The van der Waals surface area contributed by atoms with E-state index in [2.05, 4.69) is 20.7 Å². The molecule has 2 aromatic rings. The summed E-state index contributed by atoms with van der Waals surface area (Å²) >= 11 is 3.28. The van der Waals surface area contributed by atoms with Crippen LogP contribution < -0.4 is 4.72 Å². The normalized spacial score (nSPS) is 11.4. The van der Waals surface area contributed by atoms with E-state index in [4.69, 9.17) is 0 Å². The van der Waals surface area contributed by atoms with E-state index in [-0.39, 0.29) is 10.5 Å². The van der Waals surface area contributed by atoms with Crippen molar-refractivity contribution in [2.45, 2.75) is 18.4 Å². The van der Waals surface area contributed by atoms with Crippen molar-refractivity contribution < 1.29 is 17.9 Å². The van der Waals surface area contributed by atoms with Crippen molar-refractivity contribution >= 4 is 31.6 Å². The maximum Gasteiger partial charge on any atom is 0.262 e. The van der Waals surface area contributed by atoms with E-state index in [9.17, 15) is 17.9 Å². The number of aryl methyl sites for hydroxylation is 1. The fraction of sp³-hybridized carbons (Fsp3) is 0.143. The van der Waals surface area contributed by atoms with E-state index in [0.717, 1.165) is 22.2 Å². The molecule has 2 aromatic carbocycles. The summed E-state index contributed by atoms with van der Waals surface area (Å²) in [5.74, 6) is -0.682. The summed E-state index contributed by atoms with van der Waals surface area (Å²) in [4.78, 5) is -0.275. The van der Waals surface area contributed by atoms with Gasteiger partial charge < -0.3 is 5.11 Å². The molecule has 4 nitrogen and oxygen atoms in total. The highest BCUT2D eigenvalue weighted by atomic mass is 79.9. The zero-order valence-electron chi connectivity index (χ0n) is 11.1. The molecule has 0 unspecified atom stereocenters. The van der Waals surface area contributed by atoms with Crippen LogP contribution in [0, 0.1) is 12.7 Å². The Hall–Kier alpha value is -1.44. The van der Waals surface area contributed by atoms with E-state index in [1.807, 2.05) is 13.0 Å². The number of hydrogen-bond acceptors (Lipinski definition) is 3. The molecule has 21 heavy (non-hydrogen) atoms. The van der Waals surface area contributed by atoms with Crippen LogP contribution in [0.15, 0.2) is 45.8 Å². The van der Waals surface area contributed by atoms with Gasteiger partial charge in [0.2, 0.25) is 0 Å². The molecule has 0 radical (unpaired) electrons. The Labute approximate surface area is 130 Å². The van der Waals surface area contributed by atoms with Crippen molar-refractivity contribution in [3.63, 3.8) is 0 Å². The first kappa shape index (κ1) is 15.9. The summed E-state index contributed by atoms with van der Waals surface area (Å²) < 4.78 is 41.1. The Morgan fingerprint density at radius 1 is 1.24 bits per heavy atom. The maximum absolute atomic E-state index is 13.3. The number of nitrogens with one attached hydrogen (secondary N) is 1. The second kappa shape index (κ2) is 6.13.